The quantitative estimate of drug-likeness (QED) is 0.572. The summed E-state index contributed by atoms with van der Waals surface area (Å²) in [6.07, 6.45) is 4.86. The lowest BCUT2D eigenvalue weighted by atomic mass is 9.90. The minimum atomic E-state index is -0.960. The summed E-state index contributed by atoms with van der Waals surface area (Å²) in [5, 5.41) is 30.1. The van der Waals surface area contributed by atoms with Crippen molar-refractivity contribution in [3.05, 3.63) is 72.0 Å². The fourth-order valence-electron chi connectivity index (χ4n) is 2.87. The number of allylic oxidation sites excluding steroid dienone is 1. The van der Waals surface area contributed by atoms with Gasteiger partial charge in [-0.25, -0.2) is 4.39 Å². The topological polar surface area (TPSA) is 73.8 Å². The molecule has 1 heterocycles. The van der Waals surface area contributed by atoms with Crippen molar-refractivity contribution in [2.75, 3.05) is 0 Å². The molecule has 26 heavy (non-hydrogen) atoms. The second-order valence-corrected chi connectivity index (χ2v) is 6.25. The number of hydrogen-bond donors (Lipinski definition) is 3. The van der Waals surface area contributed by atoms with Crippen LogP contribution in [0, 0.1) is 11.7 Å². The molecule has 2 rings (SSSR count). The number of phenolic OH excluding ortho intramolecular Hbond substituents is 1. The lowest BCUT2D eigenvalue weighted by Gasteiger charge is -2.24. The van der Waals surface area contributed by atoms with Crippen LogP contribution in [-0.4, -0.2) is 21.4 Å². The highest BCUT2D eigenvalue weighted by Gasteiger charge is 2.27. The maximum Gasteiger partial charge on any atom is 0.165 e. The molecule has 1 aromatic carbocycles. The van der Waals surface area contributed by atoms with Crippen LogP contribution in [0.25, 0.3) is 6.08 Å². The number of hydrogen-bond acceptors (Lipinski definition) is 4. The third-order valence-electron chi connectivity index (χ3n) is 4.47. The van der Waals surface area contributed by atoms with Gasteiger partial charge in [0, 0.05) is 5.92 Å². The Morgan fingerprint density at radius 2 is 2.08 bits per heavy atom. The van der Waals surface area contributed by atoms with Crippen LogP contribution in [-0.2, 0) is 0 Å². The molecule has 0 bridgehead atoms. The average molecular weight is 360 g/mol. The van der Waals surface area contributed by atoms with Crippen LogP contribution < -0.4 is 0 Å². The molecule has 0 radical (unpaired) electrons. The zero-order valence-corrected chi connectivity index (χ0v) is 14.8. The molecule has 4 nitrogen and oxygen atoms in total. The van der Waals surface area contributed by atoms with Gasteiger partial charge in [0.1, 0.15) is 11.9 Å². The Bertz CT molecular complexity index is 736. The van der Waals surface area contributed by atoms with Gasteiger partial charge in [0.05, 0.1) is 12.4 Å². The molecule has 0 spiro atoms. The number of halogens is 1. The first-order chi connectivity index (χ1) is 12.5. The minimum absolute atomic E-state index is 0.378. The van der Waals surface area contributed by atoms with Crippen molar-refractivity contribution in [1.29, 1.82) is 0 Å². The number of benzene rings is 1. The van der Waals surface area contributed by atoms with Gasteiger partial charge in [0.25, 0.3) is 0 Å². The van der Waals surface area contributed by atoms with Crippen molar-refractivity contribution in [2.24, 2.45) is 5.92 Å². The van der Waals surface area contributed by atoms with Crippen molar-refractivity contribution < 1.29 is 24.1 Å². The van der Waals surface area contributed by atoms with Crippen LogP contribution in [0.2, 0.25) is 0 Å². The van der Waals surface area contributed by atoms with E-state index in [-0.39, 0.29) is 5.75 Å². The lowest BCUT2D eigenvalue weighted by Crippen LogP contribution is -2.25. The number of aliphatic hydroxyl groups excluding tert-OH is 2. The lowest BCUT2D eigenvalue weighted by molar-refractivity contribution is 0.0208. The summed E-state index contributed by atoms with van der Waals surface area (Å²) in [6.45, 7) is 5.69. The molecule has 3 N–H and O–H groups in total. The Morgan fingerprint density at radius 3 is 2.65 bits per heavy atom. The Kier molecular flexibility index (Phi) is 7.18. The number of aromatic hydroxyl groups is 1. The smallest absolute Gasteiger partial charge is 0.165 e. The summed E-state index contributed by atoms with van der Waals surface area (Å²) in [5.74, 6) is -1.20. The first-order valence-corrected chi connectivity index (χ1v) is 8.66. The van der Waals surface area contributed by atoms with Crippen molar-refractivity contribution in [3.8, 4) is 5.75 Å². The van der Waals surface area contributed by atoms with Crippen molar-refractivity contribution in [1.82, 2.24) is 0 Å². The average Bonchev–Trinajstić information content (AvgIpc) is 3.16. The van der Waals surface area contributed by atoms with Crippen molar-refractivity contribution in [3.63, 3.8) is 0 Å². The first kappa shape index (κ1) is 19.9. The summed E-state index contributed by atoms with van der Waals surface area (Å²) >= 11 is 0. The van der Waals surface area contributed by atoms with Gasteiger partial charge >= 0.3 is 0 Å². The fraction of sp³-hybridized carbons (Fsp3) is 0.333. The van der Waals surface area contributed by atoms with Gasteiger partial charge in [0.2, 0.25) is 0 Å². The molecule has 0 aliphatic carbocycles. The molecule has 2 aromatic rings. The number of furan rings is 1. The summed E-state index contributed by atoms with van der Waals surface area (Å²) in [5.41, 5.74) is 1.69. The predicted molar refractivity (Wildman–Crippen MR) is 98.9 cm³/mol. The molecule has 0 aliphatic rings. The van der Waals surface area contributed by atoms with Gasteiger partial charge in [-0.15, -0.1) is 6.58 Å². The van der Waals surface area contributed by atoms with E-state index in [0.717, 1.165) is 12.0 Å². The van der Waals surface area contributed by atoms with E-state index < -0.39 is 23.9 Å². The Balaban J connectivity index is 2.02. The summed E-state index contributed by atoms with van der Waals surface area (Å²) in [4.78, 5) is 0. The molecule has 0 amide bonds. The summed E-state index contributed by atoms with van der Waals surface area (Å²) in [6, 6.07) is 7.56. The molecule has 0 aliphatic heterocycles. The standard InChI is InChI=1S/C21H25FO4/c1-3-14(12-15-8-10-19(24)17(22)13-15)7-9-18(23)16(4-2)21(25)20-6-5-11-26-20/h4-6,8,10-13,16,18,21,23-25H,2-3,7,9H2,1H3/b14-12+/t16-,18-,21+/m1/s1. The molecule has 0 fully saturated rings. The molecule has 140 valence electrons. The zero-order chi connectivity index (χ0) is 19.1. The van der Waals surface area contributed by atoms with Gasteiger partial charge in [-0.3, -0.25) is 0 Å². The fourth-order valence-corrected chi connectivity index (χ4v) is 2.87. The molecule has 3 atom stereocenters. The normalized spacial score (nSPS) is 15.5. The monoisotopic (exact) mass is 360 g/mol. The van der Waals surface area contributed by atoms with E-state index in [1.165, 1.54) is 24.5 Å². The van der Waals surface area contributed by atoms with E-state index >= 15 is 0 Å². The van der Waals surface area contributed by atoms with Gasteiger partial charge < -0.3 is 19.7 Å². The summed E-state index contributed by atoms with van der Waals surface area (Å²) in [7, 11) is 0. The molecule has 0 unspecified atom stereocenters. The van der Waals surface area contributed by atoms with Crippen LogP contribution in [0.3, 0.4) is 0 Å². The minimum Gasteiger partial charge on any atom is -0.505 e. The second kappa shape index (κ2) is 9.36. The Labute approximate surface area is 152 Å². The van der Waals surface area contributed by atoms with Gasteiger partial charge in [-0.2, -0.15) is 0 Å². The number of aliphatic hydroxyl groups is 2. The van der Waals surface area contributed by atoms with E-state index in [2.05, 4.69) is 6.58 Å². The molecule has 0 saturated carbocycles. The van der Waals surface area contributed by atoms with Crippen molar-refractivity contribution >= 4 is 6.08 Å². The predicted octanol–water partition coefficient (Wildman–Crippen LogP) is 4.59. The van der Waals surface area contributed by atoms with E-state index in [1.54, 1.807) is 18.2 Å². The van der Waals surface area contributed by atoms with Gasteiger partial charge in [0.15, 0.2) is 11.6 Å². The third kappa shape index (κ3) is 5.07. The highest BCUT2D eigenvalue weighted by Crippen LogP contribution is 2.29. The first-order valence-electron chi connectivity index (χ1n) is 8.66. The van der Waals surface area contributed by atoms with Gasteiger partial charge in [-0.1, -0.05) is 30.7 Å². The maximum absolute atomic E-state index is 13.5. The highest BCUT2D eigenvalue weighted by molar-refractivity contribution is 5.54. The van der Waals surface area contributed by atoms with Crippen LogP contribution in [0.15, 0.2) is 59.2 Å². The second-order valence-electron chi connectivity index (χ2n) is 6.25. The van der Waals surface area contributed by atoms with Crippen LogP contribution in [0.5, 0.6) is 5.75 Å². The van der Waals surface area contributed by atoms with Crippen LogP contribution in [0.4, 0.5) is 4.39 Å². The Morgan fingerprint density at radius 1 is 1.31 bits per heavy atom. The van der Waals surface area contributed by atoms with Gasteiger partial charge in [-0.05, 0) is 49.1 Å². The van der Waals surface area contributed by atoms with E-state index in [9.17, 15) is 19.7 Å². The molecule has 5 heteroatoms. The molecular formula is C21H25FO4. The van der Waals surface area contributed by atoms with Crippen LogP contribution in [0.1, 0.15) is 43.6 Å². The van der Waals surface area contributed by atoms with E-state index in [4.69, 9.17) is 4.42 Å². The third-order valence-corrected chi connectivity index (χ3v) is 4.47. The molecular weight excluding hydrogens is 335 g/mol. The maximum atomic E-state index is 13.5. The summed E-state index contributed by atoms with van der Waals surface area (Å²) < 4.78 is 18.7. The largest absolute Gasteiger partial charge is 0.505 e. The van der Waals surface area contributed by atoms with E-state index in [0.29, 0.717) is 24.2 Å². The zero-order valence-electron chi connectivity index (χ0n) is 14.8. The molecule has 1 aromatic heterocycles. The van der Waals surface area contributed by atoms with Crippen molar-refractivity contribution in [2.45, 2.75) is 38.4 Å². The van der Waals surface area contributed by atoms with Crippen LogP contribution >= 0.6 is 0 Å². The number of phenols is 1. The van der Waals surface area contributed by atoms with E-state index in [1.807, 2.05) is 13.0 Å². The molecule has 0 saturated heterocycles. The number of rotatable bonds is 9. The SMILES string of the molecule is C=C[C@H]([C@H](O)CC/C(=C/c1ccc(O)c(F)c1)CC)[C@H](O)c1ccco1. The highest BCUT2D eigenvalue weighted by atomic mass is 19.1. The Hall–Kier alpha value is -2.37.